The van der Waals surface area contributed by atoms with E-state index in [-0.39, 0.29) is 24.8 Å². The Kier molecular flexibility index (Phi) is 6.69. The standard InChI is InChI=1S/C12H20F2N2O3/c13-11(14)9(17)7-16-10(18)5-6-15-12(19)8-3-1-2-4-8/h8-9,11,17H,1-7H2,(H,15,19)(H,16,18). The number of aliphatic hydroxyl groups is 1. The number of rotatable bonds is 7. The smallest absolute Gasteiger partial charge is 0.265 e. The third-order valence-corrected chi connectivity index (χ3v) is 3.18. The Morgan fingerprint density at radius 3 is 2.42 bits per heavy atom. The lowest BCUT2D eigenvalue weighted by atomic mass is 10.1. The largest absolute Gasteiger partial charge is 0.385 e. The molecule has 0 heterocycles. The van der Waals surface area contributed by atoms with E-state index in [1.54, 1.807) is 0 Å². The van der Waals surface area contributed by atoms with Crippen molar-refractivity contribution in [1.82, 2.24) is 10.6 Å². The lowest BCUT2D eigenvalue weighted by Crippen LogP contribution is -2.38. The Morgan fingerprint density at radius 1 is 1.21 bits per heavy atom. The fourth-order valence-electron chi connectivity index (χ4n) is 2.03. The van der Waals surface area contributed by atoms with Crippen LogP contribution in [-0.2, 0) is 9.59 Å². The second kappa shape index (κ2) is 8.04. The van der Waals surface area contributed by atoms with Gasteiger partial charge in [-0.1, -0.05) is 12.8 Å². The lowest BCUT2D eigenvalue weighted by molar-refractivity contribution is -0.125. The Hall–Kier alpha value is -1.24. The van der Waals surface area contributed by atoms with E-state index >= 15 is 0 Å². The maximum atomic E-state index is 12.0. The van der Waals surface area contributed by atoms with Crippen LogP contribution >= 0.6 is 0 Å². The molecule has 0 aliphatic heterocycles. The van der Waals surface area contributed by atoms with Gasteiger partial charge in [0.2, 0.25) is 11.8 Å². The highest BCUT2D eigenvalue weighted by atomic mass is 19.3. The zero-order valence-electron chi connectivity index (χ0n) is 10.7. The third kappa shape index (κ3) is 5.96. The summed E-state index contributed by atoms with van der Waals surface area (Å²) >= 11 is 0. The molecule has 0 bridgehead atoms. The molecule has 3 N–H and O–H groups in total. The fourth-order valence-corrected chi connectivity index (χ4v) is 2.03. The van der Waals surface area contributed by atoms with E-state index in [0.717, 1.165) is 25.7 Å². The molecule has 1 fully saturated rings. The van der Waals surface area contributed by atoms with Crippen LogP contribution in [0.5, 0.6) is 0 Å². The Labute approximate surface area is 110 Å². The van der Waals surface area contributed by atoms with Crippen LogP contribution in [0.1, 0.15) is 32.1 Å². The van der Waals surface area contributed by atoms with E-state index in [1.165, 1.54) is 0 Å². The average Bonchev–Trinajstić information content (AvgIpc) is 2.89. The second-order valence-corrected chi connectivity index (χ2v) is 4.73. The van der Waals surface area contributed by atoms with Gasteiger partial charge in [0.1, 0.15) is 6.10 Å². The molecule has 1 atom stereocenters. The van der Waals surface area contributed by atoms with Gasteiger partial charge in [-0.2, -0.15) is 0 Å². The first-order valence-corrected chi connectivity index (χ1v) is 6.51. The van der Waals surface area contributed by atoms with Crippen LogP contribution in [0, 0.1) is 5.92 Å². The zero-order chi connectivity index (χ0) is 14.3. The normalized spacial score (nSPS) is 17.5. The molecule has 0 aromatic heterocycles. The van der Waals surface area contributed by atoms with Gasteiger partial charge in [0.25, 0.3) is 6.43 Å². The van der Waals surface area contributed by atoms with Gasteiger partial charge in [0.05, 0.1) is 0 Å². The molecule has 1 rings (SSSR count). The molecule has 7 heteroatoms. The number of halogens is 2. The van der Waals surface area contributed by atoms with E-state index in [4.69, 9.17) is 5.11 Å². The minimum atomic E-state index is -2.87. The molecule has 1 unspecified atom stereocenters. The number of carbonyl (C=O) groups excluding carboxylic acids is 2. The molecule has 0 aromatic carbocycles. The number of carbonyl (C=O) groups is 2. The predicted molar refractivity (Wildman–Crippen MR) is 64.6 cm³/mol. The van der Waals surface area contributed by atoms with Crippen molar-refractivity contribution < 1.29 is 23.5 Å². The molecule has 1 aliphatic rings. The molecule has 1 aliphatic carbocycles. The molecule has 0 radical (unpaired) electrons. The molecule has 1 saturated carbocycles. The van der Waals surface area contributed by atoms with Crippen molar-refractivity contribution in [2.75, 3.05) is 13.1 Å². The topological polar surface area (TPSA) is 78.4 Å². The number of amides is 2. The second-order valence-electron chi connectivity index (χ2n) is 4.73. The predicted octanol–water partition coefficient (Wildman–Crippen LogP) is 0.425. The van der Waals surface area contributed by atoms with Crippen LogP contribution in [0.4, 0.5) is 8.78 Å². The summed E-state index contributed by atoms with van der Waals surface area (Å²) in [7, 11) is 0. The van der Waals surface area contributed by atoms with Gasteiger partial charge >= 0.3 is 0 Å². The maximum absolute atomic E-state index is 12.0. The number of aliphatic hydroxyl groups excluding tert-OH is 1. The summed E-state index contributed by atoms with van der Waals surface area (Å²) in [6, 6.07) is 0. The first kappa shape index (κ1) is 15.8. The average molecular weight is 278 g/mol. The summed E-state index contributed by atoms with van der Waals surface area (Å²) in [5.74, 6) is -0.465. The quantitative estimate of drug-likeness (QED) is 0.632. The highest BCUT2D eigenvalue weighted by Crippen LogP contribution is 2.24. The molecule has 110 valence electrons. The van der Waals surface area contributed by atoms with Crippen LogP contribution in [0.25, 0.3) is 0 Å². The van der Waals surface area contributed by atoms with E-state index in [9.17, 15) is 18.4 Å². The molecule has 0 spiro atoms. The lowest BCUT2D eigenvalue weighted by Gasteiger charge is -2.12. The van der Waals surface area contributed by atoms with Crippen molar-refractivity contribution in [2.24, 2.45) is 5.92 Å². The number of nitrogens with one attached hydrogen (secondary N) is 2. The van der Waals surface area contributed by atoms with E-state index in [0.29, 0.717) is 0 Å². The van der Waals surface area contributed by atoms with E-state index < -0.39 is 25.0 Å². The Balaban J connectivity index is 2.08. The molecule has 5 nitrogen and oxygen atoms in total. The molecule has 19 heavy (non-hydrogen) atoms. The van der Waals surface area contributed by atoms with Gasteiger partial charge in [-0.15, -0.1) is 0 Å². The summed E-state index contributed by atoms with van der Waals surface area (Å²) in [6.45, 7) is -0.293. The highest BCUT2D eigenvalue weighted by Gasteiger charge is 2.22. The molecule has 2 amide bonds. The SMILES string of the molecule is O=C(CCNC(=O)C1CCCC1)NCC(O)C(F)F. The van der Waals surface area contributed by atoms with Crippen molar-refractivity contribution >= 4 is 11.8 Å². The van der Waals surface area contributed by atoms with Crippen molar-refractivity contribution in [3.63, 3.8) is 0 Å². The number of hydrogen-bond donors (Lipinski definition) is 3. The zero-order valence-corrected chi connectivity index (χ0v) is 10.7. The summed E-state index contributed by atoms with van der Waals surface area (Å²) in [4.78, 5) is 22.9. The highest BCUT2D eigenvalue weighted by molar-refractivity contribution is 5.80. The first-order chi connectivity index (χ1) is 9.00. The Morgan fingerprint density at radius 2 is 1.84 bits per heavy atom. The summed E-state index contributed by atoms with van der Waals surface area (Å²) < 4.78 is 23.9. The minimum Gasteiger partial charge on any atom is -0.385 e. The van der Waals surface area contributed by atoms with Gasteiger partial charge in [-0.3, -0.25) is 9.59 Å². The van der Waals surface area contributed by atoms with Crippen molar-refractivity contribution in [3.05, 3.63) is 0 Å². The monoisotopic (exact) mass is 278 g/mol. The van der Waals surface area contributed by atoms with Crippen molar-refractivity contribution in [3.8, 4) is 0 Å². The number of alkyl halides is 2. The number of hydrogen-bond acceptors (Lipinski definition) is 3. The van der Waals surface area contributed by atoms with Gasteiger partial charge in [-0.05, 0) is 12.8 Å². The van der Waals surface area contributed by atoms with E-state index in [2.05, 4.69) is 10.6 Å². The maximum Gasteiger partial charge on any atom is 0.265 e. The van der Waals surface area contributed by atoms with Crippen LogP contribution < -0.4 is 10.6 Å². The van der Waals surface area contributed by atoms with Gasteiger partial charge in [0, 0.05) is 25.4 Å². The first-order valence-electron chi connectivity index (χ1n) is 6.51. The molecular weight excluding hydrogens is 258 g/mol. The van der Waals surface area contributed by atoms with Crippen molar-refractivity contribution in [1.29, 1.82) is 0 Å². The van der Waals surface area contributed by atoms with Gasteiger partial charge < -0.3 is 15.7 Å². The Bertz CT molecular complexity index is 307. The third-order valence-electron chi connectivity index (χ3n) is 3.18. The van der Waals surface area contributed by atoms with Gasteiger partial charge in [-0.25, -0.2) is 8.78 Å². The minimum absolute atomic E-state index is 0.0222. The molecular formula is C12H20F2N2O3. The van der Waals surface area contributed by atoms with Gasteiger partial charge in [0.15, 0.2) is 0 Å². The summed E-state index contributed by atoms with van der Waals surface area (Å²) in [6.07, 6.45) is -0.806. The van der Waals surface area contributed by atoms with Crippen LogP contribution in [0.2, 0.25) is 0 Å². The molecule has 0 saturated heterocycles. The van der Waals surface area contributed by atoms with Crippen LogP contribution in [-0.4, -0.2) is 42.5 Å². The van der Waals surface area contributed by atoms with Crippen LogP contribution in [0.3, 0.4) is 0 Å². The van der Waals surface area contributed by atoms with Crippen LogP contribution in [0.15, 0.2) is 0 Å². The summed E-state index contributed by atoms with van der Waals surface area (Å²) in [5.41, 5.74) is 0. The fraction of sp³-hybridized carbons (Fsp3) is 0.833. The van der Waals surface area contributed by atoms with E-state index in [1.807, 2.05) is 0 Å². The summed E-state index contributed by atoms with van der Waals surface area (Å²) in [5, 5.41) is 13.6. The molecule has 0 aromatic rings. The van der Waals surface area contributed by atoms with Crippen molar-refractivity contribution in [2.45, 2.75) is 44.6 Å².